The molecule has 1 rings (SSSR count). The summed E-state index contributed by atoms with van der Waals surface area (Å²) in [5.74, 6) is 0. The van der Waals surface area contributed by atoms with E-state index in [2.05, 4.69) is 26.3 Å². The van der Waals surface area contributed by atoms with Crippen molar-refractivity contribution in [3.63, 3.8) is 0 Å². The molecule has 0 amide bonds. The number of methoxy groups -OCH3 is 1. The molecule has 0 aromatic carbocycles. The zero-order valence-electron chi connectivity index (χ0n) is 11.3. The van der Waals surface area contributed by atoms with Gasteiger partial charge in [0, 0.05) is 20.2 Å². The van der Waals surface area contributed by atoms with E-state index in [0.29, 0.717) is 23.2 Å². The molecule has 0 atom stereocenters. The lowest BCUT2D eigenvalue weighted by atomic mass is 10.1. The second kappa shape index (κ2) is 6.33. The molecule has 0 saturated heterocycles. The first-order chi connectivity index (χ1) is 8.41. The summed E-state index contributed by atoms with van der Waals surface area (Å²) in [4.78, 5) is 12.0. The number of hydrogen-bond acceptors (Lipinski definition) is 4. The Balaban J connectivity index is 2.86. The number of aromatic nitrogens is 2. The van der Waals surface area contributed by atoms with Gasteiger partial charge in [-0.3, -0.25) is 4.79 Å². The van der Waals surface area contributed by atoms with Crippen LogP contribution in [0, 0.1) is 0 Å². The summed E-state index contributed by atoms with van der Waals surface area (Å²) in [6.45, 7) is 7.18. The van der Waals surface area contributed by atoms with Gasteiger partial charge in [0.05, 0.1) is 17.5 Å². The Kier molecular flexibility index (Phi) is 5.34. The van der Waals surface area contributed by atoms with Gasteiger partial charge in [0.1, 0.15) is 4.47 Å². The molecule has 102 valence electrons. The maximum Gasteiger partial charge on any atom is 0.283 e. The summed E-state index contributed by atoms with van der Waals surface area (Å²) < 4.78 is 7.28. The molecule has 0 unspecified atom stereocenters. The maximum absolute atomic E-state index is 12.0. The number of rotatable bonds is 6. The zero-order valence-corrected chi connectivity index (χ0v) is 12.9. The van der Waals surface area contributed by atoms with E-state index in [4.69, 9.17) is 4.74 Å². The van der Waals surface area contributed by atoms with E-state index in [1.54, 1.807) is 13.3 Å². The number of nitrogens with one attached hydrogen (secondary N) is 1. The summed E-state index contributed by atoms with van der Waals surface area (Å²) in [6.07, 6.45) is 2.54. The van der Waals surface area contributed by atoms with Crippen molar-refractivity contribution in [2.24, 2.45) is 0 Å². The van der Waals surface area contributed by atoms with Crippen molar-refractivity contribution in [1.29, 1.82) is 0 Å². The van der Waals surface area contributed by atoms with Crippen LogP contribution in [0.15, 0.2) is 15.5 Å². The van der Waals surface area contributed by atoms with E-state index < -0.39 is 0 Å². The van der Waals surface area contributed by atoms with Gasteiger partial charge < -0.3 is 10.1 Å². The fourth-order valence-electron chi connectivity index (χ4n) is 1.34. The Morgan fingerprint density at radius 1 is 1.56 bits per heavy atom. The first-order valence-corrected chi connectivity index (χ1v) is 6.75. The van der Waals surface area contributed by atoms with Crippen molar-refractivity contribution in [3.05, 3.63) is 21.0 Å². The van der Waals surface area contributed by atoms with Crippen molar-refractivity contribution in [2.75, 3.05) is 19.0 Å². The third-order valence-electron chi connectivity index (χ3n) is 2.68. The van der Waals surface area contributed by atoms with E-state index in [1.807, 2.05) is 20.8 Å². The average molecular weight is 318 g/mol. The van der Waals surface area contributed by atoms with Crippen LogP contribution in [0.1, 0.15) is 27.2 Å². The molecule has 0 saturated carbocycles. The van der Waals surface area contributed by atoms with E-state index in [9.17, 15) is 4.79 Å². The minimum atomic E-state index is -0.294. The van der Waals surface area contributed by atoms with Gasteiger partial charge in [0.2, 0.25) is 0 Å². The maximum atomic E-state index is 12.0. The lowest BCUT2D eigenvalue weighted by molar-refractivity contribution is 0.0343. The van der Waals surface area contributed by atoms with Crippen LogP contribution in [0.25, 0.3) is 0 Å². The number of hydrogen-bond donors (Lipinski definition) is 1. The van der Waals surface area contributed by atoms with Crippen LogP contribution in [0.5, 0.6) is 0 Å². The van der Waals surface area contributed by atoms with Gasteiger partial charge in [-0.25, -0.2) is 4.68 Å². The summed E-state index contributed by atoms with van der Waals surface area (Å²) in [6, 6.07) is 0. The molecule has 0 aliphatic heterocycles. The molecule has 0 aliphatic rings. The molecule has 0 bridgehead atoms. The van der Waals surface area contributed by atoms with Gasteiger partial charge in [0.15, 0.2) is 0 Å². The molecule has 18 heavy (non-hydrogen) atoms. The number of nitrogens with zero attached hydrogens (tertiary/aromatic N) is 2. The van der Waals surface area contributed by atoms with Crippen LogP contribution < -0.4 is 10.9 Å². The highest BCUT2D eigenvalue weighted by Crippen LogP contribution is 2.18. The first-order valence-electron chi connectivity index (χ1n) is 5.96. The Hall–Kier alpha value is -0.880. The summed E-state index contributed by atoms with van der Waals surface area (Å²) in [5, 5.41) is 7.29. The summed E-state index contributed by atoms with van der Waals surface area (Å²) in [7, 11) is 1.66. The number of aryl methyl sites for hydroxylation is 1. The largest absolute Gasteiger partial charge is 0.380 e. The molecule has 1 aromatic heterocycles. The van der Waals surface area contributed by atoms with Gasteiger partial charge in [-0.1, -0.05) is 6.92 Å². The predicted molar refractivity (Wildman–Crippen MR) is 76.1 cm³/mol. The molecule has 1 N–H and O–H groups in total. The molecule has 1 heterocycles. The molecular formula is C12H20BrN3O2. The third-order valence-corrected chi connectivity index (χ3v) is 3.44. The van der Waals surface area contributed by atoms with Crippen LogP contribution in [0.3, 0.4) is 0 Å². The third kappa shape index (κ3) is 3.81. The summed E-state index contributed by atoms with van der Waals surface area (Å²) in [5.41, 5.74) is 0.284. The molecule has 0 aliphatic carbocycles. The number of halogens is 1. The van der Waals surface area contributed by atoms with Crippen LogP contribution in [0.4, 0.5) is 5.69 Å². The quantitative estimate of drug-likeness (QED) is 0.874. The normalized spacial score (nSPS) is 11.6. The highest BCUT2D eigenvalue weighted by atomic mass is 79.9. The highest BCUT2D eigenvalue weighted by molar-refractivity contribution is 9.10. The molecule has 0 fully saturated rings. The lowest BCUT2D eigenvalue weighted by Gasteiger charge is -2.24. The summed E-state index contributed by atoms with van der Waals surface area (Å²) >= 11 is 3.31. The molecule has 0 spiro atoms. The molecule has 5 nitrogen and oxygen atoms in total. The minimum Gasteiger partial charge on any atom is -0.380 e. The van der Waals surface area contributed by atoms with Crippen molar-refractivity contribution >= 4 is 21.6 Å². The van der Waals surface area contributed by atoms with Crippen molar-refractivity contribution < 1.29 is 4.74 Å². The average Bonchev–Trinajstić information content (AvgIpc) is 2.34. The van der Waals surface area contributed by atoms with Crippen LogP contribution in [-0.2, 0) is 11.3 Å². The van der Waals surface area contributed by atoms with Crippen molar-refractivity contribution in [2.45, 2.75) is 39.3 Å². The molecular weight excluding hydrogens is 298 g/mol. The Labute approximate surface area is 116 Å². The molecule has 6 heteroatoms. The topological polar surface area (TPSA) is 56.1 Å². The monoisotopic (exact) mass is 317 g/mol. The van der Waals surface area contributed by atoms with Gasteiger partial charge in [0.25, 0.3) is 5.56 Å². The van der Waals surface area contributed by atoms with E-state index in [1.165, 1.54) is 4.68 Å². The minimum absolute atomic E-state index is 0.114. The van der Waals surface area contributed by atoms with Gasteiger partial charge in [-0.2, -0.15) is 5.10 Å². The fourth-order valence-corrected chi connectivity index (χ4v) is 1.79. The van der Waals surface area contributed by atoms with E-state index >= 15 is 0 Å². The standard InChI is InChI=1S/C12H20BrN3O2/c1-5-6-16-11(17)10(13)9(7-15-16)14-8-12(2,3)18-4/h7,14H,5-6,8H2,1-4H3. The van der Waals surface area contributed by atoms with Crippen LogP contribution in [-0.4, -0.2) is 29.0 Å². The lowest BCUT2D eigenvalue weighted by Crippen LogP contribution is -2.33. The molecule has 1 aromatic rings. The van der Waals surface area contributed by atoms with Crippen LogP contribution >= 0.6 is 15.9 Å². The first kappa shape index (κ1) is 15.2. The SMILES string of the molecule is CCCn1ncc(NCC(C)(C)OC)c(Br)c1=O. The smallest absolute Gasteiger partial charge is 0.283 e. The van der Waals surface area contributed by atoms with Gasteiger partial charge in [-0.05, 0) is 36.2 Å². The zero-order chi connectivity index (χ0) is 13.8. The van der Waals surface area contributed by atoms with Crippen molar-refractivity contribution in [3.8, 4) is 0 Å². The number of anilines is 1. The van der Waals surface area contributed by atoms with Crippen LogP contribution in [0.2, 0.25) is 0 Å². The highest BCUT2D eigenvalue weighted by Gasteiger charge is 2.17. The second-order valence-corrected chi connectivity index (χ2v) is 5.51. The Morgan fingerprint density at radius 3 is 2.78 bits per heavy atom. The fraction of sp³-hybridized carbons (Fsp3) is 0.667. The molecule has 0 radical (unpaired) electrons. The Morgan fingerprint density at radius 2 is 2.22 bits per heavy atom. The van der Waals surface area contributed by atoms with E-state index in [0.717, 1.165) is 6.42 Å². The second-order valence-electron chi connectivity index (χ2n) is 4.72. The van der Waals surface area contributed by atoms with Crippen molar-refractivity contribution in [1.82, 2.24) is 9.78 Å². The van der Waals surface area contributed by atoms with Gasteiger partial charge in [-0.15, -0.1) is 0 Å². The van der Waals surface area contributed by atoms with E-state index in [-0.39, 0.29) is 11.2 Å². The van der Waals surface area contributed by atoms with Gasteiger partial charge >= 0.3 is 0 Å². The predicted octanol–water partition coefficient (Wildman–Crippen LogP) is 2.25. The Bertz CT molecular complexity index is 457. The number of ether oxygens (including phenoxy) is 1.